The molecule has 1 saturated heterocycles. The molecule has 0 unspecified atom stereocenters. The highest BCUT2D eigenvalue weighted by Gasteiger charge is 2.21. The minimum atomic E-state index is -0.00232. The van der Waals surface area contributed by atoms with Crippen molar-refractivity contribution >= 4 is 16.6 Å². The Morgan fingerprint density at radius 2 is 1.57 bits per heavy atom. The summed E-state index contributed by atoms with van der Waals surface area (Å²) in [4.78, 5) is 16.0. The fourth-order valence-corrected chi connectivity index (χ4v) is 4.46. The lowest BCUT2D eigenvalue weighted by molar-refractivity contribution is 0.415. The Bertz CT molecular complexity index is 1250. The van der Waals surface area contributed by atoms with Gasteiger partial charge in [-0.2, -0.15) is 0 Å². The summed E-state index contributed by atoms with van der Waals surface area (Å²) in [5.41, 5.74) is 4.96. The molecule has 2 heterocycles. The molecule has 0 amide bonds. The largest absolute Gasteiger partial charge is 0.497 e. The molecule has 5 rings (SSSR count). The quantitative estimate of drug-likeness (QED) is 0.503. The van der Waals surface area contributed by atoms with Gasteiger partial charge in [0.1, 0.15) is 5.75 Å². The molecule has 0 bridgehead atoms. The van der Waals surface area contributed by atoms with Gasteiger partial charge in [-0.05, 0) is 60.4 Å². The highest BCUT2D eigenvalue weighted by molar-refractivity contribution is 5.98. The summed E-state index contributed by atoms with van der Waals surface area (Å²) in [5.74, 6) is 0.806. The molecule has 1 aromatic heterocycles. The van der Waals surface area contributed by atoms with Gasteiger partial charge >= 0.3 is 0 Å². The van der Waals surface area contributed by atoms with Gasteiger partial charge in [0.2, 0.25) is 0 Å². The van der Waals surface area contributed by atoms with Crippen molar-refractivity contribution in [1.82, 2.24) is 9.36 Å². The second-order valence-electron chi connectivity index (χ2n) is 7.79. The molecule has 0 N–H and O–H groups in total. The first-order valence-electron chi connectivity index (χ1n) is 10.4. The lowest BCUT2D eigenvalue weighted by Crippen LogP contribution is -2.19. The van der Waals surface area contributed by atoms with Crippen LogP contribution in [0, 0.1) is 0 Å². The number of rotatable bonds is 4. The Kier molecular flexibility index (Phi) is 4.58. The van der Waals surface area contributed by atoms with E-state index in [1.165, 1.54) is 18.5 Å². The fraction of sp³-hybridized carbons (Fsp3) is 0.240. The number of benzene rings is 3. The van der Waals surface area contributed by atoms with Crippen LogP contribution in [0.15, 0.2) is 71.5 Å². The molecule has 4 aromatic rings. The molecule has 1 aliphatic heterocycles. The first kappa shape index (κ1) is 18.6. The Morgan fingerprint density at radius 1 is 0.867 bits per heavy atom. The zero-order valence-electron chi connectivity index (χ0n) is 17.3. The van der Waals surface area contributed by atoms with E-state index in [9.17, 15) is 4.79 Å². The second-order valence-corrected chi connectivity index (χ2v) is 7.79. The Hall–Kier alpha value is -3.47. The monoisotopic (exact) mass is 399 g/mol. The Balaban J connectivity index is 1.80. The van der Waals surface area contributed by atoms with Crippen molar-refractivity contribution in [3.63, 3.8) is 0 Å². The number of hydrogen-bond acceptors (Lipinski definition) is 3. The normalized spacial score (nSPS) is 13.9. The van der Waals surface area contributed by atoms with E-state index >= 15 is 0 Å². The van der Waals surface area contributed by atoms with E-state index in [1.54, 1.807) is 11.8 Å². The number of aromatic nitrogens is 2. The van der Waals surface area contributed by atoms with Gasteiger partial charge in [0, 0.05) is 25.8 Å². The van der Waals surface area contributed by atoms with Crippen LogP contribution in [0.25, 0.3) is 27.7 Å². The number of hydrogen-bond donors (Lipinski definition) is 0. The summed E-state index contributed by atoms with van der Waals surface area (Å²) in [7, 11) is 3.62. The molecule has 1 aliphatic rings. The molecular formula is C25H25N3O2. The number of aryl methyl sites for hydroxylation is 1. The zero-order valence-corrected chi connectivity index (χ0v) is 17.3. The summed E-state index contributed by atoms with van der Waals surface area (Å²) in [6, 6.07) is 22.1. The molecule has 5 nitrogen and oxygen atoms in total. The number of ether oxygens (including phenoxy) is 1. The van der Waals surface area contributed by atoms with E-state index in [0.717, 1.165) is 46.6 Å². The smallest absolute Gasteiger partial charge is 0.279 e. The summed E-state index contributed by atoms with van der Waals surface area (Å²) in [6.45, 7) is 2.11. The molecule has 0 spiro atoms. The van der Waals surface area contributed by atoms with Gasteiger partial charge in [0.05, 0.1) is 23.7 Å². The average Bonchev–Trinajstić information content (AvgIpc) is 3.41. The molecule has 0 saturated carbocycles. The topological polar surface area (TPSA) is 39.4 Å². The molecular weight excluding hydrogens is 374 g/mol. The summed E-state index contributed by atoms with van der Waals surface area (Å²) in [6.07, 6.45) is 2.42. The number of nitrogens with zero attached hydrogens (tertiary/aromatic N) is 3. The summed E-state index contributed by atoms with van der Waals surface area (Å²) < 4.78 is 9.05. The summed E-state index contributed by atoms with van der Waals surface area (Å²) >= 11 is 0. The minimum Gasteiger partial charge on any atom is -0.497 e. The number of fused-ring (bicyclic) bond motifs is 1. The third-order valence-electron chi connectivity index (χ3n) is 6.03. The first-order valence-corrected chi connectivity index (χ1v) is 10.4. The summed E-state index contributed by atoms with van der Waals surface area (Å²) in [5, 5.41) is 0.745. The van der Waals surface area contributed by atoms with Gasteiger partial charge in [0.15, 0.2) is 0 Å². The van der Waals surface area contributed by atoms with Gasteiger partial charge in [-0.15, -0.1) is 0 Å². The lowest BCUT2D eigenvalue weighted by Gasteiger charge is -2.19. The van der Waals surface area contributed by atoms with Crippen molar-refractivity contribution in [2.24, 2.45) is 7.05 Å². The van der Waals surface area contributed by atoms with Crippen LogP contribution in [-0.2, 0) is 7.05 Å². The molecule has 0 atom stereocenters. The van der Waals surface area contributed by atoms with Gasteiger partial charge < -0.3 is 9.64 Å². The van der Waals surface area contributed by atoms with Crippen molar-refractivity contribution in [2.75, 3.05) is 25.1 Å². The van der Waals surface area contributed by atoms with Crippen LogP contribution in [0.4, 0.5) is 5.69 Å². The average molecular weight is 399 g/mol. The molecule has 3 aromatic carbocycles. The molecule has 5 heteroatoms. The standard InChI is InChI=1S/C25H25N3O2/c1-26-23-17-20(27-14-6-7-15-27)16-22(18-10-12-21(30-2)13-11-18)24(23)25(29)28(26)19-8-4-3-5-9-19/h3-5,8-13,16-17H,6-7,14-15H2,1-2H3. The van der Waals surface area contributed by atoms with E-state index in [1.807, 2.05) is 66.3 Å². The molecule has 0 aliphatic carbocycles. The van der Waals surface area contributed by atoms with Crippen molar-refractivity contribution < 1.29 is 4.74 Å². The van der Waals surface area contributed by atoms with E-state index in [0.29, 0.717) is 0 Å². The zero-order chi connectivity index (χ0) is 20.7. The second kappa shape index (κ2) is 7.41. The molecule has 0 radical (unpaired) electrons. The van der Waals surface area contributed by atoms with Crippen LogP contribution in [0.2, 0.25) is 0 Å². The van der Waals surface area contributed by atoms with E-state index < -0.39 is 0 Å². The van der Waals surface area contributed by atoms with Crippen LogP contribution in [0.5, 0.6) is 5.75 Å². The number of anilines is 1. The highest BCUT2D eigenvalue weighted by Crippen LogP contribution is 2.34. The van der Waals surface area contributed by atoms with E-state index in [-0.39, 0.29) is 5.56 Å². The van der Waals surface area contributed by atoms with Crippen molar-refractivity contribution in [2.45, 2.75) is 12.8 Å². The maximum absolute atomic E-state index is 13.6. The highest BCUT2D eigenvalue weighted by atomic mass is 16.5. The maximum atomic E-state index is 13.6. The number of methoxy groups -OCH3 is 1. The van der Waals surface area contributed by atoms with Crippen LogP contribution in [0.3, 0.4) is 0 Å². The molecule has 30 heavy (non-hydrogen) atoms. The third kappa shape index (κ3) is 2.98. The predicted molar refractivity (Wildman–Crippen MR) is 122 cm³/mol. The van der Waals surface area contributed by atoms with E-state index in [4.69, 9.17) is 4.74 Å². The van der Waals surface area contributed by atoms with Crippen molar-refractivity contribution in [3.8, 4) is 22.6 Å². The van der Waals surface area contributed by atoms with Crippen LogP contribution in [-0.4, -0.2) is 29.6 Å². The van der Waals surface area contributed by atoms with Crippen molar-refractivity contribution in [1.29, 1.82) is 0 Å². The van der Waals surface area contributed by atoms with Gasteiger partial charge in [-0.1, -0.05) is 30.3 Å². The maximum Gasteiger partial charge on any atom is 0.279 e. The SMILES string of the molecule is COc1ccc(-c2cc(N3CCCC3)cc3c2c(=O)n(-c2ccccc2)n3C)cc1. The van der Waals surface area contributed by atoms with Gasteiger partial charge in [0.25, 0.3) is 5.56 Å². The lowest BCUT2D eigenvalue weighted by atomic mass is 10.0. The van der Waals surface area contributed by atoms with Crippen LogP contribution < -0.4 is 15.2 Å². The molecule has 152 valence electrons. The Morgan fingerprint density at radius 3 is 2.23 bits per heavy atom. The predicted octanol–water partition coefficient (Wildman–Crippen LogP) is 4.61. The van der Waals surface area contributed by atoms with Crippen LogP contribution in [0.1, 0.15) is 12.8 Å². The molecule has 1 fully saturated rings. The first-order chi connectivity index (χ1) is 14.7. The van der Waals surface area contributed by atoms with Gasteiger partial charge in [-0.3, -0.25) is 9.48 Å². The fourth-order valence-electron chi connectivity index (χ4n) is 4.46. The van der Waals surface area contributed by atoms with Gasteiger partial charge in [-0.25, -0.2) is 4.68 Å². The Labute approximate surface area is 175 Å². The van der Waals surface area contributed by atoms with Crippen LogP contribution >= 0.6 is 0 Å². The number of para-hydroxylation sites is 1. The third-order valence-corrected chi connectivity index (χ3v) is 6.03. The van der Waals surface area contributed by atoms with E-state index in [2.05, 4.69) is 17.0 Å². The van der Waals surface area contributed by atoms with Crippen molar-refractivity contribution in [3.05, 3.63) is 77.1 Å². The minimum absolute atomic E-state index is 0.00232.